The summed E-state index contributed by atoms with van der Waals surface area (Å²) in [6.45, 7) is 10.0. The van der Waals surface area contributed by atoms with Crippen LogP contribution in [0.3, 0.4) is 0 Å². The fourth-order valence-electron chi connectivity index (χ4n) is 3.65. The van der Waals surface area contributed by atoms with Crippen molar-refractivity contribution in [2.24, 2.45) is 0 Å². The van der Waals surface area contributed by atoms with E-state index in [0.29, 0.717) is 16.7 Å². The number of ketones is 2. The second-order valence-electron chi connectivity index (χ2n) is 7.22. The molecule has 0 amide bonds. The van der Waals surface area contributed by atoms with E-state index < -0.39 is 0 Å². The van der Waals surface area contributed by atoms with Crippen molar-refractivity contribution in [2.75, 3.05) is 0 Å². The fourth-order valence-corrected chi connectivity index (χ4v) is 3.65. The third-order valence-electron chi connectivity index (χ3n) is 5.15. The Labute approximate surface area is 160 Å². The molecule has 0 aromatic heterocycles. The van der Waals surface area contributed by atoms with Crippen LogP contribution in [0.1, 0.15) is 49.9 Å². The molecule has 3 aromatic rings. The van der Waals surface area contributed by atoms with Gasteiger partial charge < -0.3 is 0 Å². The molecule has 2 nitrogen and oxygen atoms in total. The van der Waals surface area contributed by atoms with Crippen LogP contribution in [0, 0.1) is 27.7 Å². The van der Waals surface area contributed by atoms with Crippen LogP contribution in [0.2, 0.25) is 0 Å². The second kappa shape index (κ2) is 7.32. The van der Waals surface area contributed by atoms with Crippen LogP contribution in [-0.2, 0) is 0 Å². The Morgan fingerprint density at radius 1 is 0.630 bits per heavy atom. The quantitative estimate of drug-likeness (QED) is 0.489. The van der Waals surface area contributed by atoms with Gasteiger partial charge in [0.1, 0.15) is 0 Å². The number of allylic oxidation sites excluding steroid dienone is 2. The molecule has 3 aromatic carbocycles. The first-order valence-corrected chi connectivity index (χ1v) is 9.13. The first kappa shape index (κ1) is 18.8. The molecule has 0 unspecified atom stereocenters. The van der Waals surface area contributed by atoms with Crippen molar-refractivity contribution in [3.63, 3.8) is 0 Å². The molecule has 0 radical (unpaired) electrons. The predicted molar refractivity (Wildman–Crippen MR) is 112 cm³/mol. The van der Waals surface area contributed by atoms with Crippen LogP contribution in [0.5, 0.6) is 0 Å². The minimum absolute atomic E-state index is 0.0299. The summed E-state index contributed by atoms with van der Waals surface area (Å²) in [6, 6.07) is 16.2. The largest absolute Gasteiger partial charge is 0.289 e. The lowest BCUT2D eigenvalue weighted by atomic mass is 9.87. The molecule has 0 heterocycles. The van der Waals surface area contributed by atoms with Gasteiger partial charge in [0.05, 0.1) is 0 Å². The fraction of sp³-hybridized carbons (Fsp3) is 0.200. The van der Waals surface area contributed by atoms with Crippen molar-refractivity contribution < 1.29 is 9.59 Å². The molecule has 4 rings (SSSR count). The van der Waals surface area contributed by atoms with E-state index >= 15 is 0 Å². The molecular formula is C25H24O2. The number of fused-ring (bicyclic) bond motifs is 2. The van der Waals surface area contributed by atoms with Crippen molar-refractivity contribution in [1.29, 1.82) is 0 Å². The lowest BCUT2D eigenvalue weighted by Gasteiger charge is -2.14. The van der Waals surface area contributed by atoms with E-state index in [1.54, 1.807) is 19.1 Å². The minimum atomic E-state index is -0.0687. The zero-order chi connectivity index (χ0) is 19.7. The van der Waals surface area contributed by atoms with Gasteiger partial charge in [0, 0.05) is 16.7 Å². The van der Waals surface area contributed by atoms with E-state index in [4.69, 9.17) is 0 Å². The standard InChI is InChI=1S/C13H14.C12H10O2/c1-9-7-8-11(3)13-10(2)5-4-6-12(9)13;1-7-4-3-5-9-10(13)6-8(2)12(14)11(7)9/h4-8H,1-3H3;3-6H,1-2H3. The molecule has 1 aliphatic carbocycles. The Morgan fingerprint density at radius 3 is 1.93 bits per heavy atom. The number of carbonyl (C=O) groups is 2. The molecule has 136 valence electrons. The smallest absolute Gasteiger partial charge is 0.189 e. The second-order valence-corrected chi connectivity index (χ2v) is 7.22. The van der Waals surface area contributed by atoms with Crippen LogP contribution in [0.15, 0.2) is 60.2 Å². The maximum absolute atomic E-state index is 11.8. The van der Waals surface area contributed by atoms with Gasteiger partial charge in [-0.1, -0.05) is 48.5 Å². The normalized spacial score (nSPS) is 13.0. The molecule has 2 heteroatoms. The third-order valence-corrected chi connectivity index (χ3v) is 5.15. The summed E-state index contributed by atoms with van der Waals surface area (Å²) in [6.07, 6.45) is 1.41. The van der Waals surface area contributed by atoms with Gasteiger partial charge in [-0.3, -0.25) is 9.59 Å². The average Bonchev–Trinajstić information content (AvgIpc) is 2.63. The zero-order valence-corrected chi connectivity index (χ0v) is 16.5. The number of rotatable bonds is 0. The zero-order valence-electron chi connectivity index (χ0n) is 16.5. The van der Waals surface area contributed by atoms with Gasteiger partial charge in [0.25, 0.3) is 0 Å². The lowest BCUT2D eigenvalue weighted by Crippen LogP contribution is -2.16. The van der Waals surface area contributed by atoms with Crippen LogP contribution in [0.25, 0.3) is 10.8 Å². The average molecular weight is 356 g/mol. The number of hydrogen-bond acceptors (Lipinski definition) is 2. The highest BCUT2D eigenvalue weighted by Crippen LogP contribution is 2.25. The molecule has 0 saturated carbocycles. The third kappa shape index (κ3) is 3.48. The molecule has 1 aliphatic rings. The topological polar surface area (TPSA) is 34.1 Å². The summed E-state index contributed by atoms with van der Waals surface area (Å²) in [7, 11) is 0. The van der Waals surface area contributed by atoms with Gasteiger partial charge in [0.15, 0.2) is 11.6 Å². The summed E-state index contributed by atoms with van der Waals surface area (Å²) < 4.78 is 0. The number of Topliss-reactive ketones (excluding diaryl/α,β-unsaturated/α-hetero) is 1. The monoisotopic (exact) mass is 356 g/mol. The summed E-state index contributed by atoms with van der Waals surface area (Å²) >= 11 is 0. The van der Waals surface area contributed by atoms with E-state index in [-0.39, 0.29) is 11.6 Å². The van der Waals surface area contributed by atoms with Crippen molar-refractivity contribution in [2.45, 2.75) is 34.6 Å². The molecule has 0 saturated heterocycles. The maximum atomic E-state index is 11.8. The molecule has 0 bridgehead atoms. The number of carbonyl (C=O) groups excluding carboxylic acids is 2. The van der Waals surface area contributed by atoms with Crippen LogP contribution in [0.4, 0.5) is 0 Å². The Kier molecular flexibility index (Phi) is 5.09. The Hall–Kier alpha value is -3.00. The van der Waals surface area contributed by atoms with Gasteiger partial charge >= 0.3 is 0 Å². The highest BCUT2D eigenvalue weighted by atomic mass is 16.1. The van der Waals surface area contributed by atoms with Crippen molar-refractivity contribution in [3.8, 4) is 0 Å². The van der Waals surface area contributed by atoms with Gasteiger partial charge in [-0.25, -0.2) is 0 Å². The van der Waals surface area contributed by atoms with Gasteiger partial charge in [-0.05, 0) is 73.7 Å². The number of aryl methyl sites for hydroxylation is 4. The van der Waals surface area contributed by atoms with Gasteiger partial charge in [-0.2, -0.15) is 0 Å². The first-order valence-electron chi connectivity index (χ1n) is 9.13. The van der Waals surface area contributed by atoms with E-state index in [1.165, 1.54) is 33.5 Å². The molecular weight excluding hydrogens is 332 g/mol. The van der Waals surface area contributed by atoms with E-state index in [1.807, 2.05) is 13.0 Å². The summed E-state index contributed by atoms with van der Waals surface area (Å²) in [4.78, 5) is 23.3. The van der Waals surface area contributed by atoms with Gasteiger partial charge in [0.2, 0.25) is 0 Å². The first-order chi connectivity index (χ1) is 12.8. The molecule has 0 atom stereocenters. The highest BCUT2D eigenvalue weighted by molar-refractivity contribution is 6.24. The molecule has 0 aliphatic heterocycles. The van der Waals surface area contributed by atoms with Crippen molar-refractivity contribution in [1.82, 2.24) is 0 Å². The van der Waals surface area contributed by atoms with Crippen LogP contribution < -0.4 is 0 Å². The number of hydrogen-bond donors (Lipinski definition) is 0. The van der Waals surface area contributed by atoms with E-state index in [2.05, 4.69) is 51.1 Å². The summed E-state index contributed by atoms with van der Waals surface area (Å²) in [5, 5.41) is 2.81. The van der Waals surface area contributed by atoms with Crippen molar-refractivity contribution >= 4 is 22.3 Å². The van der Waals surface area contributed by atoms with Crippen LogP contribution >= 0.6 is 0 Å². The number of benzene rings is 3. The lowest BCUT2D eigenvalue weighted by molar-refractivity contribution is 0.0984. The Balaban J connectivity index is 0.000000156. The van der Waals surface area contributed by atoms with Crippen molar-refractivity contribution in [3.05, 3.63) is 93.6 Å². The Bertz CT molecular complexity index is 1090. The molecule has 27 heavy (non-hydrogen) atoms. The van der Waals surface area contributed by atoms with Gasteiger partial charge in [-0.15, -0.1) is 0 Å². The van der Waals surface area contributed by atoms with E-state index in [0.717, 1.165) is 5.56 Å². The van der Waals surface area contributed by atoms with E-state index in [9.17, 15) is 9.59 Å². The van der Waals surface area contributed by atoms with Crippen LogP contribution in [-0.4, -0.2) is 11.6 Å². The molecule has 0 fully saturated rings. The summed E-state index contributed by atoms with van der Waals surface area (Å²) in [5.74, 6) is -0.0986. The highest BCUT2D eigenvalue weighted by Gasteiger charge is 2.23. The predicted octanol–water partition coefficient (Wildman–Crippen LogP) is 6.09. The minimum Gasteiger partial charge on any atom is -0.289 e. The summed E-state index contributed by atoms with van der Waals surface area (Å²) in [5.41, 5.74) is 6.60. The Morgan fingerprint density at radius 2 is 1.22 bits per heavy atom. The SMILES string of the molecule is CC1=CC(=O)c2cccc(C)c2C1=O.Cc1ccc(C)c2c(C)cccc12. The maximum Gasteiger partial charge on any atom is 0.189 e. The molecule has 0 N–H and O–H groups in total. The molecule has 0 spiro atoms.